The number of nitrogens with two attached hydrogens (primary N) is 2. The van der Waals surface area contributed by atoms with E-state index in [4.69, 9.17) is 16.5 Å². The van der Waals surface area contributed by atoms with Gasteiger partial charge in [0.05, 0.1) is 6.04 Å². The maximum absolute atomic E-state index is 5.61. The van der Waals surface area contributed by atoms with Crippen molar-refractivity contribution < 1.29 is 0 Å². The van der Waals surface area contributed by atoms with E-state index in [0.717, 1.165) is 17.4 Å². The second kappa shape index (κ2) is 6.90. The normalized spacial score (nSPS) is 33.6. The molecule has 25 heavy (non-hydrogen) atoms. The van der Waals surface area contributed by atoms with Crippen LogP contribution in [0.4, 0.5) is 0 Å². The van der Waals surface area contributed by atoms with Gasteiger partial charge in [-0.3, -0.25) is 0 Å². The third-order valence-corrected chi connectivity index (χ3v) is 5.97. The summed E-state index contributed by atoms with van der Waals surface area (Å²) in [6.07, 6.45) is 10.6. The van der Waals surface area contributed by atoms with Gasteiger partial charge in [0, 0.05) is 6.20 Å². The summed E-state index contributed by atoms with van der Waals surface area (Å²) in [7, 11) is 0. The molecule has 5 rings (SSSR count). The van der Waals surface area contributed by atoms with E-state index in [2.05, 4.69) is 10.3 Å². The van der Waals surface area contributed by atoms with E-state index in [1.165, 1.54) is 32.1 Å². The van der Waals surface area contributed by atoms with Gasteiger partial charge in [-0.25, -0.2) is 4.99 Å². The highest BCUT2D eigenvalue weighted by atomic mass is 15.2. The number of hydrogen-bond acceptors (Lipinski definition) is 1. The van der Waals surface area contributed by atoms with E-state index >= 15 is 0 Å². The molecule has 0 aliphatic heterocycles. The zero-order valence-electron chi connectivity index (χ0n) is 14.5. The summed E-state index contributed by atoms with van der Waals surface area (Å²) in [5.41, 5.74) is 12.3. The molecule has 0 atom stereocenters. The Labute approximate surface area is 149 Å². The lowest BCUT2D eigenvalue weighted by atomic mass is 9.54. The molecular formula is C20H27N5. The second-order valence-corrected chi connectivity index (χ2v) is 7.80. The highest BCUT2D eigenvalue weighted by Gasteiger charge is 2.48. The van der Waals surface area contributed by atoms with Gasteiger partial charge in [-0.05, 0) is 67.4 Å². The third kappa shape index (κ3) is 3.70. The van der Waals surface area contributed by atoms with Crippen molar-refractivity contribution in [3.8, 4) is 0 Å². The zero-order valence-corrected chi connectivity index (χ0v) is 14.5. The minimum Gasteiger partial charge on any atom is -0.370 e. The van der Waals surface area contributed by atoms with E-state index in [-0.39, 0.29) is 5.96 Å². The first-order valence-electron chi connectivity index (χ1n) is 9.33. The van der Waals surface area contributed by atoms with Crippen LogP contribution in [0, 0.1) is 23.7 Å². The summed E-state index contributed by atoms with van der Waals surface area (Å²) in [4.78, 5) is 9.17. The number of hydrogen-bond donors (Lipinski definition) is 3. The number of rotatable bonds is 3. The lowest BCUT2D eigenvalue weighted by Gasteiger charge is -2.53. The minimum atomic E-state index is 0.0446. The van der Waals surface area contributed by atoms with Crippen LogP contribution >= 0.6 is 0 Å². The van der Waals surface area contributed by atoms with Crippen LogP contribution in [-0.2, 0) is 0 Å². The molecule has 5 heteroatoms. The van der Waals surface area contributed by atoms with E-state index in [1.807, 2.05) is 42.6 Å². The maximum atomic E-state index is 5.61. The summed E-state index contributed by atoms with van der Waals surface area (Å²) in [5.74, 6) is 3.87. The van der Waals surface area contributed by atoms with Crippen molar-refractivity contribution in [1.29, 1.82) is 0 Å². The largest absolute Gasteiger partial charge is 0.370 e. The van der Waals surface area contributed by atoms with Gasteiger partial charge in [0.1, 0.15) is 0 Å². The number of benzene rings is 1. The van der Waals surface area contributed by atoms with Gasteiger partial charge in [-0.2, -0.15) is 4.99 Å². The van der Waals surface area contributed by atoms with E-state index in [1.54, 1.807) is 0 Å². The molecule has 4 bridgehead atoms. The van der Waals surface area contributed by atoms with Gasteiger partial charge >= 0.3 is 0 Å². The Hall–Kier alpha value is -2.30. The van der Waals surface area contributed by atoms with Crippen LogP contribution in [0.5, 0.6) is 0 Å². The molecule has 0 aromatic heterocycles. The molecule has 0 spiro atoms. The third-order valence-electron chi connectivity index (χ3n) is 5.97. The number of nitrogens with one attached hydrogen (secondary N) is 1. The molecule has 4 saturated carbocycles. The summed E-state index contributed by atoms with van der Waals surface area (Å²) < 4.78 is 0. The number of aliphatic imine (C=N–C) groups is 2. The molecule has 1 aromatic carbocycles. The van der Waals surface area contributed by atoms with Crippen LogP contribution in [-0.4, -0.2) is 18.0 Å². The Morgan fingerprint density at radius 2 is 1.60 bits per heavy atom. The second-order valence-electron chi connectivity index (χ2n) is 7.80. The molecule has 4 aliphatic carbocycles. The van der Waals surface area contributed by atoms with E-state index < -0.39 is 0 Å². The van der Waals surface area contributed by atoms with Crippen molar-refractivity contribution >= 4 is 18.0 Å². The quantitative estimate of drug-likeness (QED) is 0.585. The monoisotopic (exact) mass is 337 g/mol. The van der Waals surface area contributed by atoms with Crippen LogP contribution in [0.1, 0.15) is 37.7 Å². The number of nitrogens with zero attached hydrogens (tertiary/aromatic N) is 2. The first-order chi connectivity index (χ1) is 12.2. The standard InChI is InChI=1S/C20H27N5/c21-19(22)25-20(23-7-6-13-4-2-1-3-5-13)24-18-16-9-14-8-15(11-16)12-17(18)10-14/h1-7,14-18H,8-12H2,(H5,21,22,23,24,25). The van der Waals surface area contributed by atoms with Crippen molar-refractivity contribution in [3.63, 3.8) is 0 Å². The average molecular weight is 337 g/mol. The number of guanidine groups is 2. The fourth-order valence-electron chi connectivity index (χ4n) is 5.25. The van der Waals surface area contributed by atoms with Crippen LogP contribution < -0.4 is 16.8 Å². The Morgan fingerprint density at radius 1 is 0.960 bits per heavy atom. The summed E-state index contributed by atoms with van der Waals surface area (Å²) in [6.45, 7) is 0. The van der Waals surface area contributed by atoms with Crippen molar-refractivity contribution in [3.05, 3.63) is 42.1 Å². The smallest absolute Gasteiger partial charge is 0.225 e. The van der Waals surface area contributed by atoms with Crippen molar-refractivity contribution in [1.82, 2.24) is 5.32 Å². The molecule has 0 heterocycles. The van der Waals surface area contributed by atoms with Gasteiger partial charge in [-0.15, -0.1) is 0 Å². The van der Waals surface area contributed by atoms with E-state index in [0.29, 0.717) is 23.8 Å². The van der Waals surface area contributed by atoms with Crippen LogP contribution in [0.25, 0.3) is 6.08 Å². The highest BCUT2D eigenvalue weighted by Crippen LogP contribution is 2.54. The Balaban J connectivity index is 1.50. The van der Waals surface area contributed by atoms with E-state index in [9.17, 15) is 0 Å². The Kier molecular flexibility index (Phi) is 4.47. The fraction of sp³-hybridized carbons (Fsp3) is 0.500. The summed E-state index contributed by atoms with van der Waals surface area (Å²) in [5, 5.41) is 3.18. The Bertz CT molecular complexity index is 659. The topological polar surface area (TPSA) is 88.8 Å². The molecule has 1 aromatic rings. The SMILES string of the molecule is NC(N)=NC(=NC1C2CC3CC(C2)CC1C3)NC=Cc1ccccc1. The molecule has 5 N–H and O–H groups in total. The average Bonchev–Trinajstić information content (AvgIpc) is 2.57. The van der Waals surface area contributed by atoms with Gasteiger partial charge in [0.2, 0.25) is 5.96 Å². The maximum Gasteiger partial charge on any atom is 0.225 e. The van der Waals surface area contributed by atoms with Crippen LogP contribution in [0.3, 0.4) is 0 Å². The van der Waals surface area contributed by atoms with Crippen molar-refractivity contribution in [2.75, 3.05) is 0 Å². The molecule has 0 radical (unpaired) electrons. The van der Waals surface area contributed by atoms with Gasteiger partial charge < -0.3 is 16.8 Å². The lowest BCUT2D eigenvalue weighted by molar-refractivity contribution is 0.00115. The lowest BCUT2D eigenvalue weighted by Crippen LogP contribution is -2.48. The molecule has 0 amide bonds. The van der Waals surface area contributed by atoms with Gasteiger partial charge in [0.15, 0.2) is 5.96 Å². The molecule has 132 valence electrons. The van der Waals surface area contributed by atoms with Gasteiger partial charge in [0.25, 0.3) is 0 Å². The highest BCUT2D eigenvalue weighted by molar-refractivity contribution is 5.94. The molecule has 4 fully saturated rings. The van der Waals surface area contributed by atoms with Crippen LogP contribution in [0.15, 0.2) is 46.5 Å². The summed E-state index contributed by atoms with van der Waals surface area (Å²) >= 11 is 0. The zero-order chi connectivity index (χ0) is 17.2. The minimum absolute atomic E-state index is 0.0446. The Morgan fingerprint density at radius 3 is 2.20 bits per heavy atom. The van der Waals surface area contributed by atoms with Crippen molar-refractivity contribution in [2.24, 2.45) is 45.1 Å². The molecule has 0 unspecified atom stereocenters. The predicted octanol–water partition coefficient (Wildman–Crippen LogP) is 2.70. The van der Waals surface area contributed by atoms with Crippen molar-refractivity contribution in [2.45, 2.75) is 38.1 Å². The molecule has 5 nitrogen and oxygen atoms in total. The van der Waals surface area contributed by atoms with Crippen LogP contribution in [0.2, 0.25) is 0 Å². The van der Waals surface area contributed by atoms with Gasteiger partial charge in [-0.1, -0.05) is 30.3 Å². The predicted molar refractivity (Wildman–Crippen MR) is 103 cm³/mol. The molecular weight excluding hydrogens is 310 g/mol. The fourth-order valence-corrected chi connectivity index (χ4v) is 5.25. The summed E-state index contributed by atoms with van der Waals surface area (Å²) in [6, 6.07) is 10.5. The molecule has 4 aliphatic rings. The first kappa shape index (κ1) is 16.2. The molecule has 0 saturated heterocycles. The first-order valence-corrected chi connectivity index (χ1v) is 9.33.